The van der Waals surface area contributed by atoms with Crippen molar-refractivity contribution in [2.75, 3.05) is 13.1 Å². The molecule has 0 radical (unpaired) electrons. The largest absolute Gasteiger partial charge is 0.347 e. The van der Waals surface area contributed by atoms with Crippen LogP contribution in [0.4, 0.5) is 0 Å². The quantitative estimate of drug-likeness (QED) is 0.413. The fourth-order valence-corrected chi connectivity index (χ4v) is 1.60. The first-order valence-corrected chi connectivity index (χ1v) is 6.56. The first-order chi connectivity index (χ1) is 10.2. The molecule has 0 aromatic heterocycles. The Balaban J connectivity index is 2.63. The summed E-state index contributed by atoms with van der Waals surface area (Å²) in [5.41, 5.74) is 6.17. The average Bonchev–Trinajstić information content (AvgIpc) is 2.54. The number of benzene rings is 1. The number of amides is 2. The van der Waals surface area contributed by atoms with Crippen LogP contribution in [0, 0.1) is 11.3 Å². The van der Waals surface area contributed by atoms with Crippen molar-refractivity contribution in [1.82, 2.24) is 10.2 Å². The molecule has 2 amide bonds. The predicted molar refractivity (Wildman–Crippen MR) is 78.4 cm³/mol. The molecule has 0 saturated carbocycles. The monoisotopic (exact) mass is 286 g/mol. The molecular weight excluding hydrogens is 268 g/mol. The van der Waals surface area contributed by atoms with Gasteiger partial charge in [0.15, 0.2) is 0 Å². The summed E-state index contributed by atoms with van der Waals surface area (Å²) in [6, 6.07) is 11.1. The second kappa shape index (κ2) is 9.28. The minimum Gasteiger partial charge on any atom is -0.347 e. The highest BCUT2D eigenvalue weighted by Gasteiger charge is 2.10. The number of nitriles is 1. The van der Waals surface area contributed by atoms with Crippen molar-refractivity contribution in [3.63, 3.8) is 0 Å². The molecule has 110 valence electrons. The van der Waals surface area contributed by atoms with E-state index in [0.717, 1.165) is 5.56 Å². The van der Waals surface area contributed by atoms with Gasteiger partial charge in [-0.3, -0.25) is 9.59 Å². The Morgan fingerprint density at radius 2 is 2.10 bits per heavy atom. The van der Waals surface area contributed by atoms with E-state index in [2.05, 4.69) is 5.32 Å². The lowest BCUT2D eigenvalue weighted by Gasteiger charge is -2.12. The predicted octanol–water partition coefficient (Wildman–Crippen LogP) is 0.517. The topological polar surface area (TPSA) is 99.2 Å². The molecule has 0 atom stereocenters. The van der Waals surface area contributed by atoms with Gasteiger partial charge in [-0.15, -0.1) is 0 Å². The summed E-state index contributed by atoms with van der Waals surface area (Å²) in [5, 5.41) is 11.7. The van der Waals surface area contributed by atoms with Crippen molar-refractivity contribution < 1.29 is 9.59 Å². The second-order valence-corrected chi connectivity index (χ2v) is 4.31. The van der Waals surface area contributed by atoms with Crippen LogP contribution < -0.4 is 11.1 Å². The van der Waals surface area contributed by atoms with Crippen LogP contribution in [0.25, 0.3) is 0 Å². The van der Waals surface area contributed by atoms with Gasteiger partial charge in [-0.25, -0.2) is 0 Å². The first-order valence-electron chi connectivity index (χ1n) is 6.56. The van der Waals surface area contributed by atoms with Crippen LogP contribution in [-0.4, -0.2) is 30.3 Å². The molecule has 0 bridgehead atoms. The van der Waals surface area contributed by atoms with Crippen LogP contribution in [0.5, 0.6) is 0 Å². The van der Waals surface area contributed by atoms with Gasteiger partial charge in [0.2, 0.25) is 6.41 Å². The number of nitrogens with one attached hydrogen (secondary N) is 1. The number of nitrogens with two attached hydrogens (primary N) is 1. The van der Waals surface area contributed by atoms with E-state index in [1.807, 2.05) is 30.3 Å². The number of rotatable bonds is 8. The van der Waals surface area contributed by atoms with Gasteiger partial charge < -0.3 is 16.0 Å². The van der Waals surface area contributed by atoms with Gasteiger partial charge in [-0.2, -0.15) is 5.26 Å². The van der Waals surface area contributed by atoms with E-state index >= 15 is 0 Å². The third-order valence-electron chi connectivity index (χ3n) is 2.71. The summed E-state index contributed by atoms with van der Waals surface area (Å²) in [6.07, 6.45) is 2.40. The molecular formula is C15H18N4O2. The summed E-state index contributed by atoms with van der Waals surface area (Å²) in [5.74, 6) is -0.513. The van der Waals surface area contributed by atoms with Gasteiger partial charge >= 0.3 is 0 Å². The molecule has 0 aliphatic rings. The summed E-state index contributed by atoms with van der Waals surface area (Å²) in [6.45, 7) is 1.12. The van der Waals surface area contributed by atoms with Crippen LogP contribution in [0.2, 0.25) is 0 Å². The van der Waals surface area contributed by atoms with E-state index in [0.29, 0.717) is 32.5 Å². The minimum atomic E-state index is -0.513. The van der Waals surface area contributed by atoms with Crippen molar-refractivity contribution in [3.8, 4) is 6.07 Å². The summed E-state index contributed by atoms with van der Waals surface area (Å²) in [4.78, 5) is 24.0. The summed E-state index contributed by atoms with van der Waals surface area (Å²) in [7, 11) is 0. The van der Waals surface area contributed by atoms with Gasteiger partial charge in [0.1, 0.15) is 11.6 Å². The van der Waals surface area contributed by atoms with Crippen molar-refractivity contribution in [2.45, 2.75) is 13.0 Å². The normalized spacial score (nSPS) is 10.6. The Morgan fingerprint density at radius 1 is 1.38 bits per heavy atom. The molecule has 1 aromatic carbocycles. The molecule has 0 spiro atoms. The minimum absolute atomic E-state index is 0.116. The highest BCUT2D eigenvalue weighted by Crippen LogP contribution is 2.01. The van der Waals surface area contributed by atoms with Gasteiger partial charge in [-0.1, -0.05) is 30.3 Å². The number of carbonyl (C=O) groups excluding carboxylic acids is 2. The van der Waals surface area contributed by atoms with Crippen molar-refractivity contribution in [2.24, 2.45) is 5.73 Å². The lowest BCUT2D eigenvalue weighted by atomic mass is 10.2. The van der Waals surface area contributed by atoms with E-state index in [-0.39, 0.29) is 5.57 Å². The van der Waals surface area contributed by atoms with E-state index in [9.17, 15) is 9.59 Å². The first kappa shape index (κ1) is 16.4. The number of nitrogens with zero attached hydrogens (tertiary/aromatic N) is 2. The Bertz CT molecular complexity index is 534. The van der Waals surface area contributed by atoms with Crippen LogP contribution in [0.3, 0.4) is 0 Å². The zero-order valence-corrected chi connectivity index (χ0v) is 11.7. The fourth-order valence-electron chi connectivity index (χ4n) is 1.60. The Labute approximate surface area is 123 Å². The molecule has 1 aromatic rings. The van der Waals surface area contributed by atoms with Crippen molar-refractivity contribution in [1.29, 1.82) is 5.26 Å². The smallest absolute Gasteiger partial charge is 0.263 e. The maximum Gasteiger partial charge on any atom is 0.263 e. The molecule has 3 N–H and O–H groups in total. The van der Waals surface area contributed by atoms with Crippen LogP contribution in [0.1, 0.15) is 12.0 Å². The lowest BCUT2D eigenvalue weighted by Crippen LogP contribution is -2.27. The number of carbonyl (C=O) groups is 2. The molecule has 0 aliphatic carbocycles. The van der Waals surface area contributed by atoms with Crippen LogP contribution in [-0.2, 0) is 16.1 Å². The maximum atomic E-state index is 11.9. The number of hydrogen-bond acceptors (Lipinski definition) is 4. The lowest BCUT2D eigenvalue weighted by molar-refractivity contribution is -0.117. The third kappa shape index (κ3) is 5.89. The molecule has 0 aliphatic heterocycles. The van der Waals surface area contributed by atoms with Gasteiger partial charge in [-0.05, 0) is 18.5 Å². The Morgan fingerprint density at radius 3 is 2.67 bits per heavy atom. The van der Waals surface area contributed by atoms with E-state index in [1.165, 1.54) is 11.1 Å². The molecule has 6 nitrogen and oxygen atoms in total. The highest BCUT2D eigenvalue weighted by atomic mass is 16.2. The zero-order valence-electron chi connectivity index (χ0n) is 11.7. The Kier molecular flexibility index (Phi) is 7.25. The SMILES string of the molecule is N#C/C(=C/N(C=O)CCCN)C(=O)NCc1ccccc1. The zero-order chi connectivity index (χ0) is 15.5. The van der Waals surface area contributed by atoms with Gasteiger partial charge in [0, 0.05) is 19.3 Å². The summed E-state index contributed by atoms with van der Waals surface area (Å²) < 4.78 is 0. The molecule has 1 rings (SSSR count). The maximum absolute atomic E-state index is 11.9. The average molecular weight is 286 g/mol. The molecule has 21 heavy (non-hydrogen) atoms. The summed E-state index contributed by atoms with van der Waals surface area (Å²) >= 11 is 0. The van der Waals surface area contributed by atoms with Crippen molar-refractivity contribution in [3.05, 3.63) is 47.7 Å². The van der Waals surface area contributed by atoms with Gasteiger partial charge in [0.05, 0.1) is 0 Å². The van der Waals surface area contributed by atoms with Gasteiger partial charge in [0.25, 0.3) is 5.91 Å². The van der Waals surface area contributed by atoms with E-state index in [1.54, 1.807) is 6.07 Å². The van der Waals surface area contributed by atoms with Crippen molar-refractivity contribution >= 4 is 12.3 Å². The molecule has 0 unspecified atom stereocenters. The van der Waals surface area contributed by atoms with Crippen LogP contribution >= 0.6 is 0 Å². The Hall–Kier alpha value is -2.65. The molecule has 0 fully saturated rings. The van der Waals surface area contributed by atoms with E-state index < -0.39 is 5.91 Å². The highest BCUT2D eigenvalue weighted by molar-refractivity contribution is 5.97. The van der Waals surface area contributed by atoms with E-state index in [4.69, 9.17) is 11.0 Å². The fraction of sp³-hybridized carbons (Fsp3) is 0.267. The standard InChI is InChI=1S/C15H18N4O2/c16-7-4-8-19(12-20)11-14(9-17)15(21)18-10-13-5-2-1-3-6-13/h1-3,5-6,11-12H,4,7-8,10,16H2,(H,18,21)/b14-11-. The number of hydrogen-bond donors (Lipinski definition) is 2. The molecule has 0 heterocycles. The second-order valence-electron chi connectivity index (χ2n) is 4.31. The molecule has 6 heteroatoms. The molecule has 0 saturated heterocycles. The van der Waals surface area contributed by atoms with Crippen LogP contribution in [0.15, 0.2) is 42.1 Å². The third-order valence-corrected chi connectivity index (χ3v) is 2.71.